The minimum Gasteiger partial charge on any atom is -0.394 e. The van der Waals surface area contributed by atoms with E-state index in [1.807, 2.05) is 0 Å². The first-order valence-corrected chi connectivity index (χ1v) is 14.0. The molecule has 2 aromatic rings. The number of rotatable bonds is 11. The molecular formula is C18H27N7O10S2. The Morgan fingerprint density at radius 1 is 0.973 bits per heavy atom. The van der Waals surface area contributed by atoms with Crippen molar-refractivity contribution >= 4 is 43.7 Å². The van der Waals surface area contributed by atoms with Gasteiger partial charge in [0.2, 0.25) is 27.9 Å². The summed E-state index contributed by atoms with van der Waals surface area (Å²) in [4.78, 5) is 11.9. The third kappa shape index (κ3) is 8.12. The molecular weight excluding hydrogens is 538 g/mol. The van der Waals surface area contributed by atoms with Gasteiger partial charge in [-0.2, -0.15) is 23.4 Å². The van der Waals surface area contributed by atoms with E-state index >= 15 is 0 Å². The molecule has 1 aliphatic rings. The highest BCUT2D eigenvalue weighted by molar-refractivity contribution is 7.88. The molecule has 3 rings (SSSR count). The third-order valence-electron chi connectivity index (χ3n) is 4.99. The molecule has 1 fully saturated rings. The molecule has 37 heavy (non-hydrogen) atoms. The predicted molar refractivity (Wildman–Crippen MR) is 128 cm³/mol. The van der Waals surface area contributed by atoms with E-state index in [2.05, 4.69) is 35.6 Å². The van der Waals surface area contributed by atoms with Crippen LogP contribution in [0.15, 0.2) is 29.2 Å². The van der Waals surface area contributed by atoms with Crippen molar-refractivity contribution in [3.05, 3.63) is 24.3 Å². The van der Waals surface area contributed by atoms with Gasteiger partial charge in [0.05, 0.1) is 17.8 Å². The van der Waals surface area contributed by atoms with E-state index < -0.39 is 62.3 Å². The molecule has 9 N–H and O–H groups in total. The van der Waals surface area contributed by atoms with E-state index in [0.717, 1.165) is 12.3 Å². The molecule has 2 heterocycles. The molecule has 1 aromatic carbocycles. The van der Waals surface area contributed by atoms with Crippen molar-refractivity contribution in [2.75, 3.05) is 41.9 Å². The Bertz CT molecular complexity index is 1300. The molecule has 1 aliphatic heterocycles. The summed E-state index contributed by atoms with van der Waals surface area (Å²) in [7, 11) is -7.93. The fourth-order valence-electron chi connectivity index (χ4n) is 3.25. The first kappa shape index (κ1) is 28.8. The van der Waals surface area contributed by atoms with Crippen molar-refractivity contribution < 1.29 is 46.6 Å². The van der Waals surface area contributed by atoms with Crippen LogP contribution in [0.1, 0.15) is 0 Å². The van der Waals surface area contributed by atoms with Crippen LogP contribution in [0.2, 0.25) is 0 Å². The Morgan fingerprint density at radius 3 is 2.30 bits per heavy atom. The Morgan fingerprint density at radius 2 is 1.65 bits per heavy atom. The largest absolute Gasteiger partial charge is 0.394 e. The van der Waals surface area contributed by atoms with Crippen LogP contribution in [-0.2, 0) is 24.9 Å². The Kier molecular flexibility index (Phi) is 9.15. The summed E-state index contributed by atoms with van der Waals surface area (Å²) in [5, 5.41) is 48.1. The van der Waals surface area contributed by atoms with E-state index in [9.17, 15) is 41.8 Å². The average molecular weight is 566 g/mol. The summed E-state index contributed by atoms with van der Waals surface area (Å²) in [6, 6.07) is 3.76. The summed E-state index contributed by atoms with van der Waals surface area (Å²) in [6.07, 6.45) is -5.07. The molecule has 19 heteroatoms. The second-order valence-corrected chi connectivity index (χ2v) is 11.2. The number of aromatic nitrogens is 3. The summed E-state index contributed by atoms with van der Waals surface area (Å²) >= 11 is 0. The van der Waals surface area contributed by atoms with Gasteiger partial charge in [-0.05, 0) is 18.2 Å². The van der Waals surface area contributed by atoms with E-state index in [1.165, 1.54) is 18.2 Å². The lowest BCUT2D eigenvalue weighted by atomic mass is 9.97. The van der Waals surface area contributed by atoms with E-state index in [0.29, 0.717) is 0 Å². The van der Waals surface area contributed by atoms with Crippen molar-refractivity contribution in [2.45, 2.75) is 35.5 Å². The van der Waals surface area contributed by atoms with Crippen LogP contribution in [0, 0.1) is 0 Å². The van der Waals surface area contributed by atoms with Gasteiger partial charge in [-0.1, -0.05) is 6.07 Å². The van der Waals surface area contributed by atoms with Gasteiger partial charge in [0.25, 0.3) is 10.1 Å². The lowest BCUT2D eigenvalue weighted by Crippen LogP contribution is -2.61. The molecule has 5 unspecified atom stereocenters. The summed E-state index contributed by atoms with van der Waals surface area (Å²) in [5.41, 5.74) is 0.166. The maximum absolute atomic E-state index is 11.4. The number of ether oxygens (including phenoxy) is 1. The molecule has 17 nitrogen and oxygen atoms in total. The van der Waals surface area contributed by atoms with Crippen molar-refractivity contribution in [3.8, 4) is 0 Å². The Labute approximate surface area is 211 Å². The molecule has 0 bridgehead atoms. The third-order valence-corrected chi connectivity index (χ3v) is 6.57. The Balaban J connectivity index is 1.86. The van der Waals surface area contributed by atoms with E-state index in [-0.39, 0.29) is 36.6 Å². The highest BCUT2D eigenvalue weighted by atomic mass is 32.2. The molecule has 0 amide bonds. The average Bonchev–Trinajstić information content (AvgIpc) is 2.81. The van der Waals surface area contributed by atoms with E-state index in [1.54, 1.807) is 0 Å². The number of sulfonamides is 1. The number of aliphatic hydroxyl groups is 4. The lowest BCUT2D eigenvalue weighted by molar-refractivity contribution is -0.245. The van der Waals surface area contributed by atoms with Crippen LogP contribution in [0.3, 0.4) is 0 Å². The molecule has 0 spiro atoms. The highest BCUT2D eigenvalue weighted by Gasteiger charge is 2.44. The van der Waals surface area contributed by atoms with Crippen LogP contribution < -0.4 is 20.7 Å². The molecule has 206 valence electrons. The standard InChI is InChI=1S/C18H27N7O10S2/c1-36(30,31)20-6-5-19-16-23-17(21-9-3-2-4-10(7-9)37(32,33)34)25-18(24-16)22-12-14(28)13(27)11(8-26)35-15(12)29/h2-4,7,11-15,20,26-29H,5-6,8H2,1H3,(H,32,33,34)(H3,19,21,22,23,24,25). The van der Waals surface area contributed by atoms with Crippen LogP contribution in [-0.4, -0.2) is 113 Å². The van der Waals surface area contributed by atoms with Gasteiger partial charge < -0.3 is 41.1 Å². The van der Waals surface area contributed by atoms with Gasteiger partial charge in [-0.15, -0.1) is 0 Å². The van der Waals surface area contributed by atoms with Gasteiger partial charge >= 0.3 is 0 Å². The first-order chi connectivity index (χ1) is 17.3. The van der Waals surface area contributed by atoms with Crippen molar-refractivity contribution in [1.82, 2.24) is 19.7 Å². The number of nitrogens with one attached hydrogen (secondary N) is 4. The Hall–Kier alpha value is -2.75. The second-order valence-electron chi connectivity index (χ2n) is 7.93. The normalized spacial score (nSPS) is 24.4. The van der Waals surface area contributed by atoms with Crippen molar-refractivity contribution in [2.24, 2.45) is 0 Å². The first-order valence-electron chi connectivity index (χ1n) is 10.6. The van der Waals surface area contributed by atoms with Crippen LogP contribution in [0.5, 0.6) is 0 Å². The van der Waals surface area contributed by atoms with Gasteiger partial charge in [0, 0.05) is 18.8 Å². The van der Waals surface area contributed by atoms with Gasteiger partial charge in [0.1, 0.15) is 24.4 Å². The van der Waals surface area contributed by atoms with Gasteiger partial charge in [-0.3, -0.25) is 4.55 Å². The van der Waals surface area contributed by atoms with Crippen molar-refractivity contribution in [1.29, 1.82) is 0 Å². The second kappa shape index (κ2) is 11.8. The molecule has 1 aromatic heterocycles. The molecule has 0 saturated carbocycles. The van der Waals surface area contributed by atoms with Gasteiger partial charge in [0.15, 0.2) is 6.29 Å². The van der Waals surface area contributed by atoms with Crippen LogP contribution in [0.4, 0.5) is 23.5 Å². The fourth-order valence-corrected chi connectivity index (χ4v) is 4.25. The molecule has 0 aliphatic carbocycles. The maximum atomic E-state index is 11.4. The quantitative estimate of drug-likeness (QED) is 0.0972. The number of hydrogen-bond donors (Lipinski definition) is 9. The number of benzene rings is 1. The summed E-state index contributed by atoms with van der Waals surface area (Å²) < 4.78 is 62.0. The minimum absolute atomic E-state index is 0.0188. The van der Waals surface area contributed by atoms with E-state index in [4.69, 9.17) is 4.74 Å². The summed E-state index contributed by atoms with van der Waals surface area (Å²) in [6.45, 7) is -0.627. The van der Waals surface area contributed by atoms with Gasteiger partial charge in [-0.25, -0.2) is 13.1 Å². The molecule has 1 saturated heterocycles. The zero-order valence-electron chi connectivity index (χ0n) is 19.3. The molecule has 5 atom stereocenters. The summed E-state index contributed by atoms with van der Waals surface area (Å²) in [5.74, 6) is -0.475. The SMILES string of the molecule is CS(=O)(=O)NCCNc1nc(Nc2cccc(S(=O)(=O)O)c2)nc(NC2C(O)OC(CO)C(O)C2O)n1. The topological polar surface area (TPSA) is 265 Å². The fraction of sp³-hybridized carbons (Fsp3) is 0.500. The van der Waals surface area contributed by atoms with Crippen LogP contribution in [0.25, 0.3) is 0 Å². The number of anilines is 4. The number of hydrogen-bond acceptors (Lipinski definition) is 15. The highest BCUT2D eigenvalue weighted by Crippen LogP contribution is 2.24. The number of aliphatic hydroxyl groups excluding tert-OH is 4. The molecule has 0 radical (unpaired) electrons. The monoisotopic (exact) mass is 565 g/mol. The van der Waals surface area contributed by atoms with Crippen molar-refractivity contribution in [3.63, 3.8) is 0 Å². The zero-order valence-corrected chi connectivity index (χ0v) is 20.9. The smallest absolute Gasteiger partial charge is 0.294 e. The number of nitrogens with zero attached hydrogens (tertiary/aromatic N) is 3. The maximum Gasteiger partial charge on any atom is 0.294 e. The zero-order chi connectivity index (χ0) is 27.4. The minimum atomic E-state index is -4.49. The van der Waals surface area contributed by atoms with Crippen LogP contribution >= 0.6 is 0 Å². The predicted octanol–water partition coefficient (Wildman–Crippen LogP) is -2.97. The lowest BCUT2D eigenvalue weighted by Gasteiger charge is -2.40.